The van der Waals surface area contributed by atoms with Gasteiger partial charge in [-0.1, -0.05) is 25.1 Å². The van der Waals surface area contributed by atoms with E-state index in [-0.39, 0.29) is 0 Å². The third kappa shape index (κ3) is 2.83. The Labute approximate surface area is 92.9 Å². The minimum absolute atomic E-state index is 0.695. The van der Waals surface area contributed by atoms with Crippen LogP contribution in [-0.4, -0.2) is 10.2 Å². The Bertz CT molecular complexity index is 414. The van der Waals surface area contributed by atoms with Crippen LogP contribution in [0.3, 0.4) is 0 Å². The fourth-order valence-corrected chi connectivity index (χ4v) is 1.91. The maximum atomic E-state index is 5.41. The Morgan fingerprint density at radius 2 is 1.87 bits per heavy atom. The quantitative estimate of drug-likeness (QED) is 0.743. The molecule has 0 saturated heterocycles. The van der Waals surface area contributed by atoms with Crippen LogP contribution in [0, 0.1) is 0 Å². The van der Waals surface area contributed by atoms with Gasteiger partial charge in [-0.25, -0.2) is 0 Å². The van der Waals surface area contributed by atoms with Gasteiger partial charge in [-0.2, -0.15) is 0 Å². The van der Waals surface area contributed by atoms with Gasteiger partial charge in [0.25, 0.3) is 0 Å². The van der Waals surface area contributed by atoms with Crippen LogP contribution in [0.2, 0.25) is 0 Å². The number of aryl methyl sites for hydroxylation is 1. The molecule has 0 fully saturated rings. The summed E-state index contributed by atoms with van der Waals surface area (Å²) in [5.74, 6) is 2.14. The Hall–Kier alpha value is -1.29. The first-order valence-electron chi connectivity index (χ1n) is 4.87. The molecule has 78 valence electrons. The predicted octanol–water partition coefficient (Wildman–Crippen LogP) is 2.92. The molecule has 1 aromatic carbocycles. The molecule has 1 aromatic heterocycles. The molecule has 3 nitrogen and oxygen atoms in total. The molecule has 0 unspecified atom stereocenters. The number of hydrogen-bond donors (Lipinski definition) is 0. The van der Waals surface area contributed by atoms with Gasteiger partial charge in [-0.05, 0) is 12.1 Å². The Balaban J connectivity index is 1.93. The van der Waals surface area contributed by atoms with Gasteiger partial charge in [0.1, 0.15) is 0 Å². The summed E-state index contributed by atoms with van der Waals surface area (Å²) in [4.78, 5) is 1.22. The molecule has 0 saturated carbocycles. The molecule has 0 bridgehead atoms. The highest BCUT2D eigenvalue weighted by molar-refractivity contribution is 7.98. The van der Waals surface area contributed by atoms with Crippen LogP contribution in [-0.2, 0) is 12.2 Å². The van der Waals surface area contributed by atoms with Crippen LogP contribution >= 0.6 is 11.8 Å². The molecule has 0 N–H and O–H groups in total. The van der Waals surface area contributed by atoms with Crippen molar-refractivity contribution in [2.24, 2.45) is 0 Å². The number of benzene rings is 1. The molecule has 2 aromatic rings. The minimum Gasteiger partial charge on any atom is -0.424 e. The highest BCUT2D eigenvalue weighted by atomic mass is 32.2. The average molecular weight is 220 g/mol. The topological polar surface area (TPSA) is 38.9 Å². The van der Waals surface area contributed by atoms with Gasteiger partial charge in [0, 0.05) is 11.3 Å². The van der Waals surface area contributed by atoms with Gasteiger partial charge in [0.2, 0.25) is 11.8 Å². The van der Waals surface area contributed by atoms with E-state index in [1.807, 2.05) is 25.1 Å². The van der Waals surface area contributed by atoms with Gasteiger partial charge in [0.15, 0.2) is 0 Å². The van der Waals surface area contributed by atoms with E-state index in [0.29, 0.717) is 11.8 Å². The zero-order chi connectivity index (χ0) is 10.5. The summed E-state index contributed by atoms with van der Waals surface area (Å²) >= 11 is 1.70. The van der Waals surface area contributed by atoms with Gasteiger partial charge in [-0.3, -0.25) is 0 Å². The summed E-state index contributed by atoms with van der Waals surface area (Å²) < 4.78 is 5.41. The van der Waals surface area contributed by atoms with Gasteiger partial charge in [-0.15, -0.1) is 22.0 Å². The lowest BCUT2D eigenvalue weighted by molar-refractivity contribution is 0.470. The zero-order valence-corrected chi connectivity index (χ0v) is 9.33. The SMILES string of the molecule is CCc1nnc(CSc2ccccc2)o1. The molecule has 0 aliphatic rings. The van der Waals surface area contributed by atoms with E-state index >= 15 is 0 Å². The first kappa shape index (κ1) is 10.2. The molecule has 0 spiro atoms. The number of nitrogens with zero attached hydrogens (tertiary/aromatic N) is 2. The monoisotopic (exact) mass is 220 g/mol. The van der Waals surface area contributed by atoms with E-state index in [4.69, 9.17) is 4.42 Å². The third-order valence-electron chi connectivity index (χ3n) is 1.92. The number of hydrogen-bond acceptors (Lipinski definition) is 4. The van der Waals surface area contributed by atoms with E-state index in [9.17, 15) is 0 Å². The number of rotatable bonds is 4. The first-order chi connectivity index (χ1) is 7.38. The van der Waals surface area contributed by atoms with E-state index in [1.165, 1.54) is 4.90 Å². The van der Waals surface area contributed by atoms with E-state index < -0.39 is 0 Å². The van der Waals surface area contributed by atoms with E-state index in [2.05, 4.69) is 22.3 Å². The van der Waals surface area contributed by atoms with E-state index in [0.717, 1.165) is 12.2 Å². The largest absolute Gasteiger partial charge is 0.424 e. The van der Waals surface area contributed by atoms with Crippen LogP contribution in [0.5, 0.6) is 0 Å². The van der Waals surface area contributed by atoms with Crippen molar-refractivity contribution in [2.75, 3.05) is 0 Å². The fourth-order valence-electron chi connectivity index (χ4n) is 1.15. The second-order valence-corrected chi connectivity index (χ2v) is 4.09. The van der Waals surface area contributed by atoms with Crippen LogP contribution in [0.25, 0.3) is 0 Å². The van der Waals surface area contributed by atoms with Crippen LogP contribution < -0.4 is 0 Å². The Kier molecular flexibility index (Phi) is 3.40. The molecule has 0 aliphatic heterocycles. The fraction of sp³-hybridized carbons (Fsp3) is 0.273. The van der Waals surface area contributed by atoms with Gasteiger partial charge < -0.3 is 4.42 Å². The minimum atomic E-state index is 0.695. The second-order valence-electron chi connectivity index (χ2n) is 3.04. The summed E-state index contributed by atoms with van der Waals surface area (Å²) in [6, 6.07) is 10.2. The molecule has 0 atom stereocenters. The van der Waals surface area contributed by atoms with Crippen molar-refractivity contribution in [2.45, 2.75) is 24.0 Å². The Morgan fingerprint density at radius 1 is 1.13 bits per heavy atom. The van der Waals surface area contributed by atoms with Crippen molar-refractivity contribution in [3.63, 3.8) is 0 Å². The zero-order valence-electron chi connectivity index (χ0n) is 8.51. The molecular weight excluding hydrogens is 208 g/mol. The van der Waals surface area contributed by atoms with Crippen LogP contribution in [0.15, 0.2) is 39.6 Å². The van der Waals surface area contributed by atoms with Crippen LogP contribution in [0.1, 0.15) is 18.7 Å². The standard InChI is InChI=1S/C11H12N2OS/c1-2-10-12-13-11(14-10)8-15-9-6-4-3-5-7-9/h3-7H,2,8H2,1H3. The number of aromatic nitrogens is 2. The highest BCUT2D eigenvalue weighted by Gasteiger charge is 2.04. The summed E-state index contributed by atoms with van der Waals surface area (Å²) in [5, 5.41) is 7.88. The van der Waals surface area contributed by atoms with Crippen molar-refractivity contribution in [1.82, 2.24) is 10.2 Å². The lowest BCUT2D eigenvalue weighted by Crippen LogP contribution is -1.79. The Morgan fingerprint density at radius 3 is 2.53 bits per heavy atom. The third-order valence-corrected chi connectivity index (χ3v) is 2.91. The van der Waals surface area contributed by atoms with Crippen molar-refractivity contribution < 1.29 is 4.42 Å². The molecular formula is C11H12N2OS. The highest BCUT2D eigenvalue weighted by Crippen LogP contribution is 2.21. The molecule has 15 heavy (non-hydrogen) atoms. The van der Waals surface area contributed by atoms with E-state index in [1.54, 1.807) is 11.8 Å². The summed E-state index contributed by atoms with van der Waals surface area (Å²) in [6.45, 7) is 2.00. The summed E-state index contributed by atoms with van der Waals surface area (Å²) in [6.07, 6.45) is 0.795. The lowest BCUT2D eigenvalue weighted by Gasteiger charge is -1.96. The normalized spacial score (nSPS) is 10.5. The predicted molar refractivity (Wildman–Crippen MR) is 59.7 cm³/mol. The maximum Gasteiger partial charge on any atom is 0.226 e. The smallest absolute Gasteiger partial charge is 0.226 e. The molecule has 0 amide bonds. The maximum absolute atomic E-state index is 5.41. The van der Waals surface area contributed by atoms with Crippen molar-refractivity contribution in [1.29, 1.82) is 0 Å². The van der Waals surface area contributed by atoms with Crippen molar-refractivity contribution >= 4 is 11.8 Å². The van der Waals surface area contributed by atoms with Gasteiger partial charge >= 0.3 is 0 Å². The second kappa shape index (κ2) is 4.98. The lowest BCUT2D eigenvalue weighted by atomic mass is 10.4. The molecule has 0 aliphatic carbocycles. The molecule has 1 heterocycles. The molecule has 0 radical (unpaired) electrons. The molecule has 2 rings (SSSR count). The van der Waals surface area contributed by atoms with Gasteiger partial charge in [0.05, 0.1) is 5.75 Å². The summed E-state index contributed by atoms with van der Waals surface area (Å²) in [7, 11) is 0. The summed E-state index contributed by atoms with van der Waals surface area (Å²) in [5.41, 5.74) is 0. The van der Waals surface area contributed by atoms with Crippen molar-refractivity contribution in [3.05, 3.63) is 42.1 Å². The molecule has 4 heteroatoms. The average Bonchev–Trinajstić information content (AvgIpc) is 2.76. The number of thioether (sulfide) groups is 1. The first-order valence-corrected chi connectivity index (χ1v) is 5.86. The van der Waals surface area contributed by atoms with Crippen LogP contribution in [0.4, 0.5) is 0 Å². The van der Waals surface area contributed by atoms with Crippen molar-refractivity contribution in [3.8, 4) is 0 Å².